The number of rotatable bonds is 6. The van der Waals surface area contributed by atoms with Crippen molar-refractivity contribution in [2.45, 2.75) is 6.92 Å². The maximum atomic E-state index is 11.3. The Hall–Kier alpha value is -4.59. The number of ketones is 1. The van der Waals surface area contributed by atoms with Gasteiger partial charge in [0.15, 0.2) is 5.78 Å². The van der Waals surface area contributed by atoms with Gasteiger partial charge in [-0.15, -0.1) is 0 Å². The number of halogens is 2. The van der Waals surface area contributed by atoms with Crippen molar-refractivity contribution in [3.05, 3.63) is 95.6 Å². The Kier molecular flexibility index (Phi) is 12.6. The smallest absolute Gasteiger partial charge is 0.339 e. The fraction of sp³-hybridized carbons (Fsp3) is 0.0769. The first kappa shape index (κ1) is 32.6. The predicted octanol–water partition coefficient (Wildman–Crippen LogP) is 4.72. The summed E-state index contributed by atoms with van der Waals surface area (Å²) in [5.41, 5.74) is 3.33. The molecular formula is C26H20Cl2N4O8S. The lowest BCUT2D eigenvalue weighted by Crippen LogP contribution is -2.02. The van der Waals surface area contributed by atoms with Crippen LogP contribution >= 0.6 is 21.4 Å². The molecule has 2 N–H and O–H groups in total. The predicted molar refractivity (Wildman–Crippen MR) is 150 cm³/mol. The molecule has 0 atom stereocenters. The van der Waals surface area contributed by atoms with Gasteiger partial charge in [0, 0.05) is 51.7 Å². The van der Waals surface area contributed by atoms with Gasteiger partial charge < -0.3 is 14.9 Å². The molecule has 0 amide bonds. The van der Waals surface area contributed by atoms with Gasteiger partial charge in [0.2, 0.25) is 9.23 Å². The minimum Gasteiger partial charge on any atom is -0.478 e. The number of aromatic nitrogens is 4. The molecule has 0 aliphatic carbocycles. The molecule has 0 radical (unpaired) electrons. The van der Waals surface area contributed by atoms with Crippen molar-refractivity contribution in [1.82, 2.24) is 19.9 Å². The largest absolute Gasteiger partial charge is 0.478 e. The van der Waals surface area contributed by atoms with Crippen molar-refractivity contribution >= 4 is 54.3 Å². The first-order chi connectivity index (χ1) is 19.4. The number of ether oxygens (including phenoxy) is 1. The molecule has 0 fully saturated rings. The van der Waals surface area contributed by atoms with E-state index in [1.807, 2.05) is 0 Å². The highest BCUT2D eigenvalue weighted by atomic mass is 36.0. The summed E-state index contributed by atoms with van der Waals surface area (Å²) in [5.74, 6) is -2.57. The van der Waals surface area contributed by atoms with E-state index in [0.717, 1.165) is 0 Å². The Balaban J connectivity index is 0.000000254. The average molecular weight is 619 g/mol. The van der Waals surface area contributed by atoms with Crippen LogP contribution in [0, 0.1) is 0 Å². The number of Topliss-reactive ketones (excluding diaryl/α,β-unsaturated/α-hetero) is 1. The molecule has 4 rings (SSSR count). The fourth-order valence-corrected chi connectivity index (χ4v) is 2.88. The lowest BCUT2D eigenvalue weighted by atomic mass is 10.1. The fourth-order valence-electron chi connectivity index (χ4n) is 2.88. The summed E-state index contributed by atoms with van der Waals surface area (Å²) in [6.45, 7) is 1.49. The van der Waals surface area contributed by atoms with Crippen molar-refractivity contribution in [3.8, 4) is 22.8 Å². The number of pyridine rings is 4. The standard InChI is InChI=1S/C14H12N2O3.C12H8N2O4.Cl2OS/c1-9(17)10-3-5-12(15-7-10)13-6-4-11(8-16-13)14(18)19-2;15-11(16)7-1-3-9(13-5-7)10-4-2-8(6-14-10)12(17)18;1-4(2)3/h3-8H,1-2H3;1-6H,(H,15,16)(H,17,18);. The summed E-state index contributed by atoms with van der Waals surface area (Å²) in [7, 11) is 8.68. The lowest BCUT2D eigenvalue weighted by Gasteiger charge is -2.02. The van der Waals surface area contributed by atoms with Crippen LogP contribution in [-0.4, -0.2) is 65.2 Å². The van der Waals surface area contributed by atoms with Crippen LogP contribution in [-0.2, 0) is 14.0 Å². The van der Waals surface area contributed by atoms with Gasteiger partial charge in [-0.3, -0.25) is 24.7 Å². The van der Waals surface area contributed by atoms with E-state index in [1.54, 1.807) is 24.3 Å². The average Bonchev–Trinajstić information content (AvgIpc) is 2.97. The summed E-state index contributed by atoms with van der Waals surface area (Å²) < 4.78 is 13.7. The van der Waals surface area contributed by atoms with Crippen molar-refractivity contribution < 1.29 is 38.3 Å². The summed E-state index contributed by atoms with van der Waals surface area (Å²) in [5, 5.41) is 17.4. The van der Waals surface area contributed by atoms with Gasteiger partial charge in [-0.25, -0.2) is 18.6 Å². The second-order valence-electron chi connectivity index (χ2n) is 7.57. The number of methoxy groups -OCH3 is 1. The minimum absolute atomic E-state index is 0.0342. The Labute approximate surface area is 244 Å². The molecule has 0 bridgehead atoms. The third-order valence-corrected chi connectivity index (χ3v) is 4.90. The first-order valence-electron chi connectivity index (χ1n) is 11.1. The summed E-state index contributed by atoms with van der Waals surface area (Å²) >= 11 is 0. The number of hydrogen-bond acceptors (Lipinski definition) is 10. The number of carbonyl (C=O) groups is 4. The maximum absolute atomic E-state index is 11.3. The van der Waals surface area contributed by atoms with Gasteiger partial charge in [0.1, 0.15) is 0 Å². The van der Waals surface area contributed by atoms with Crippen molar-refractivity contribution in [2.75, 3.05) is 7.11 Å². The number of hydrogen-bond donors (Lipinski definition) is 2. The minimum atomic E-state index is -1.67. The normalized spacial score (nSPS) is 9.88. The van der Waals surface area contributed by atoms with E-state index >= 15 is 0 Å². The van der Waals surface area contributed by atoms with Crippen LogP contribution in [0.4, 0.5) is 0 Å². The topological polar surface area (TPSA) is 187 Å². The number of carbonyl (C=O) groups excluding carboxylic acids is 2. The molecule has 41 heavy (non-hydrogen) atoms. The van der Waals surface area contributed by atoms with Gasteiger partial charge in [-0.05, 0) is 55.5 Å². The van der Waals surface area contributed by atoms with Gasteiger partial charge in [0.25, 0.3) is 0 Å². The number of esters is 1. The Bertz CT molecular complexity index is 1470. The molecule has 4 aromatic rings. The molecule has 4 heterocycles. The highest BCUT2D eigenvalue weighted by Crippen LogP contribution is 2.16. The zero-order valence-electron chi connectivity index (χ0n) is 21.2. The van der Waals surface area contributed by atoms with E-state index in [0.29, 0.717) is 33.9 Å². The van der Waals surface area contributed by atoms with Crippen LogP contribution in [0.25, 0.3) is 22.8 Å². The number of carboxylic acids is 2. The summed E-state index contributed by atoms with van der Waals surface area (Å²) in [6, 6.07) is 12.6. The van der Waals surface area contributed by atoms with Gasteiger partial charge in [0.05, 0.1) is 46.6 Å². The zero-order valence-corrected chi connectivity index (χ0v) is 23.6. The van der Waals surface area contributed by atoms with Crippen molar-refractivity contribution in [1.29, 1.82) is 0 Å². The summed E-state index contributed by atoms with van der Waals surface area (Å²) in [4.78, 5) is 59.9. The molecule has 0 aliphatic heterocycles. The lowest BCUT2D eigenvalue weighted by molar-refractivity contribution is 0.0598. The number of nitrogens with zero attached hydrogens (tertiary/aromatic N) is 4. The molecule has 0 saturated heterocycles. The second kappa shape index (κ2) is 15.9. The van der Waals surface area contributed by atoms with Gasteiger partial charge in [-0.2, -0.15) is 0 Å². The van der Waals surface area contributed by atoms with Crippen LogP contribution in [0.1, 0.15) is 48.4 Å². The Morgan fingerprint density at radius 1 is 0.634 bits per heavy atom. The van der Waals surface area contributed by atoms with E-state index in [9.17, 15) is 19.2 Å². The van der Waals surface area contributed by atoms with Crippen molar-refractivity contribution in [3.63, 3.8) is 0 Å². The Morgan fingerprint density at radius 3 is 1.15 bits per heavy atom. The van der Waals surface area contributed by atoms with Crippen LogP contribution in [0.2, 0.25) is 0 Å². The number of carboxylic acid groups (broad SMARTS) is 2. The molecule has 0 unspecified atom stereocenters. The SMILES string of the molecule is COC(=O)c1ccc(-c2ccc(C(C)=O)cn2)nc1.O=C(O)c1ccc(-c2ccc(C(=O)O)cn2)nc1.O=S(Cl)Cl. The first-order valence-corrected chi connectivity index (χ1v) is 13.9. The van der Waals surface area contributed by atoms with Crippen LogP contribution in [0.3, 0.4) is 0 Å². The Morgan fingerprint density at radius 2 is 0.927 bits per heavy atom. The molecule has 0 aromatic carbocycles. The van der Waals surface area contributed by atoms with Crippen LogP contribution < -0.4 is 0 Å². The highest BCUT2D eigenvalue weighted by Gasteiger charge is 2.09. The van der Waals surface area contributed by atoms with E-state index in [4.69, 9.17) is 14.4 Å². The second-order valence-corrected chi connectivity index (χ2v) is 10.1. The van der Waals surface area contributed by atoms with E-state index in [2.05, 4.69) is 46.0 Å². The van der Waals surface area contributed by atoms with E-state index in [-0.39, 0.29) is 16.9 Å². The molecule has 0 aliphatic rings. The zero-order chi connectivity index (χ0) is 30.5. The van der Waals surface area contributed by atoms with Gasteiger partial charge in [-0.1, -0.05) is 0 Å². The van der Waals surface area contributed by atoms with Crippen molar-refractivity contribution in [2.24, 2.45) is 0 Å². The number of aromatic carboxylic acids is 2. The molecular weight excluding hydrogens is 599 g/mol. The van der Waals surface area contributed by atoms with E-state index in [1.165, 1.54) is 63.1 Å². The third-order valence-electron chi connectivity index (χ3n) is 4.90. The van der Waals surface area contributed by atoms with E-state index < -0.39 is 27.1 Å². The molecule has 0 spiro atoms. The molecule has 12 nitrogen and oxygen atoms in total. The molecule has 212 valence electrons. The molecule has 4 aromatic heterocycles. The molecule has 0 saturated carbocycles. The van der Waals surface area contributed by atoms with Crippen LogP contribution in [0.15, 0.2) is 73.3 Å². The molecule has 15 heteroatoms. The monoisotopic (exact) mass is 618 g/mol. The van der Waals surface area contributed by atoms with Crippen LogP contribution in [0.5, 0.6) is 0 Å². The maximum Gasteiger partial charge on any atom is 0.339 e. The third kappa shape index (κ3) is 10.5. The quantitative estimate of drug-likeness (QED) is 0.172. The van der Waals surface area contributed by atoms with Gasteiger partial charge >= 0.3 is 17.9 Å². The summed E-state index contributed by atoms with van der Waals surface area (Å²) in [6.07, 6.45) is 5.39. The highest BCUT2D eigenvalue weighted by molar-refractivity contribution is 8.26.